The molecule has 1 aromatic carbocycles. The summed E-state index contributed by atoms with van der Waals surface area (Å²) in [5.41, 5.74) is 8.00. The highest BCUT2D eigenvalue weighted by Gasteiger charge is 2.24. The third-order valence-electron chi connectivity index (χ3n) is 3.51. The van der Waals surface area contributed by atoms with Crippen molar-refractivity contribution in [2.75, 3.05) is 13.1 Å². The zero-order valence-electron chi connectivity index (χ0n) is 10.1. The largest absolute Gasteiger partial charge is 0.365 e. The van der Waals surface area contributed by atoms with E-state index in [0.717, 1.165) is 19.5 Å². The number of nitrogens with two attached hydrogens (primary N) is 1. The average molecular weight is 231 g/mol. The van der Waals surface area contributed by atoms with Crippen LogP contribution in [0.1, 0.15) is 18.9 Å². The molecule has 0 fully saturated rings. The van der Waals surface area contributed by atoms with E-state index in [1.807, 2.05) is 13.0 Å². The molecule has 3 N–H and O–H groups in total. The summed E-state index contributed by atoms with van der Waals surface area (Å²) in [7, 11) is 0. The van der Waals surface area contributed by atoms with Gasteiger partial charge in [-0.25, -0.2) is 0 Å². The lowest BCUT2D eigenvalue weighted by Crippen LogP contribution is -3.17. The van der Waals surface area contributed by atoms with Gasteiger partial charge in [0.2, 0.25) is 0 Å². The van der Waals surface area contributed by atoms with Crippen LogP contribution in [0.5, 0.6) is 0 Å². The van der Waals surface area contributed by atoms with Crippen LogP contribution in [0.15, 0.2) is 36.4 Å². The van der Waals surface area contributed by atoms with E-state index in [1.165, 1.54) is 16.0 Å². The van der Waals surface area contributed by atoms with Crippen molar-refractivity contribution in [2.24, 2.45) is 5.73 Å². The SMILES string of the molecule is C[C@@H](C(N)=O)[NH+]1CC=C(c2ccccc2)CC1. The number of benzene rings is 1. The Kier molecular flexibility index (Phi) is 3.59. The zero-order chi connectivity index (χ0) is 12.3. The Hall–Kier alpha value is -1.61. The second kappa shape index (κ2) is 5.15. The molecule has 0 aliphatic carbocycles. The minimum Gasteiger partial charge on any atom is -0.365 e. The Balaban J connectivity index is 2.05. The Labute approximate surface area is 102 Å². The van der Waals surface area contributed by atoms with Gasteiger partial charge >= 0.3 is 0 Å². The first-order valence-corrected chi connectivity index (χ1v) is 6.07. The Morgan fingerprint density at radius 3 is 2.59 bits per heavy atom. The number of rotatable bonds is 3. The number of carbonyl (C=O) groups is 1. The number of carbonyl (C=O) groups excluding carboxylic acids is 1. The van der Waals surface area contributed by atoms with E-state index in [0.29, 0.717) is 0 Å². The number of hydrogen-bond donors (Lipinski definition) is 2. The highest BCUT2D eigenvalue weighted by Crippen LogP contribution is 2.17. The fourth-order valence-electron chi connectivity index (χ4n) is 2.26. The van der Waals surface area contributed by atoms with Crippen molar-refractivity contribution in [2.45, 2.75) is 19.4 Å². The average Bonchev–Trinajstić information content (AvgIpc) is 2.39. The molecule has 1 aliphatic heterocycles. The van der Waals surface area contributed by atoms with Gasteiger partial charge in [-0.05, 0) is 24.1 Å². The van der Waals surface area contributed by atoms with Gasteiger partial charge in [-0.15, -0.1) is 0 Å². The maximum Gasteiger partial charge on any atom is 0.275 e. The Bertz CT molecular complexity index is 425. The van der Waals surface area contributed by atoms with Crippen LogP contribution in [0.4, 0.5) is 0 Å². The third-order valence-corrected chi connectivity index (χ3v) is 3.51. The molecular formula is C14H19N2O+. The van der Waals surface area contributed by atoms with Crippen LogP contribution in [0.25, 0.3) is 5.57 Å². The summed E-state index contributed by atoms with van der Waals surface area (Å²) >= 11 is 0. The van der Waals surface area contributed by atoms with Crippen molar-refractivity contribution in [3.63, 3.8) is 0 Å². The van der Waals surface area contributed by atoms with E-state index in [-0.39, 0.29) is 11.9 Å². The van der Waals surface area contributed by atoms with Crippen molar-refractivity contribution in [1.29, 1.82) is 0 Å². The first-order chi connectivity index (χ1) is 8.18. The van der Waals surface area contributed by atoms with Gasteiger partial charge in [0.25, 0.3) is 5.91 Å². The van der Waals surface area contributed by atoms with E-state index < -0.39 is 0 Å². The van der Waals surface area contributed by atoms with Gasteiger partial charge in [0.15, 0.2) is 6.04 Å². The molecule has 3 nitrogen and oxygen atoms in total. The van der Waals surface area contributed by atoms with Crippen LogP contribution in [0.3, 0.4) is 0 Å². The van der Waals surface area contributed by atoms with Gasteiger partial charge in [0, 0.05) is 6.42 Å². The van der Waals surface area contributed by atoms with Gasteiger partial charge in [0.05, 0.1) is 13.1 Å². The molecule has 90 valence electrons. The molecule has 17 heavy (non-hydrogen) atoms. The van der Waals surface area contributed by atoms with E-state index in [4.69, 9.17) is 5.73 Å². The summed E-state index contributed by atoms with van der Waals surface area (Å²) in [5, 5.41) is 0. The minimum atomic E-state index is -0.212. The van der Waals surface area contributed by atoms with Crippen LogP contribution in [-0.2, 0) is 4.79 Å². The number of amides is 1. The predicted octanol–water partition coefficient (Wildman–Crippen LogP) is 0.232. The van der Waals surface area contributed by atoms with Gasteiger partial charge in [-0.3, -0.25) is 4.79 Å². The fraction of sp³-hybridized carbons (Fsp3) is 0.357. The molecule has 1 amide bonds. The normalized spacial score (nSPS) is 21.7. The van der Waals surface area contributed by atoms with Crippen LogP contribution >= 0.6 is 0 Å². The summed E-state index contributed by atoms with van der Waals surface area (Å²) in [4.78, 5) is 12.4. The third kappa shape index (κ3) is 2.74. The van der Waals surface area contributed by atoms with Crippen molar-refractivity contribution in [3.8, 4) is 0 Å². The van der Waals surface area contributed by atoms with Gasteiger partial charge in [-0.2, -0.15) is 0 Å². The number of hydrogen-bond acceptors (Lipinski definition) is 1. The first kappa shape index (κ1) is 11.9. The summed E-state index contributed by atoms with van der Waals surface area (Å²) in [6.07, 6.45) is 3.24. The van der Waals surface area contributed by atoms with E-state index in [2.05, 4.69) is 30.3 Å². The summed E-state index contributed by atoms with van der Waals surface area (Å²) in [5.74, 6) is -0.212. The number of quaternary nitrogens is 1. The molecule has 3 heteroatoms. The van der Waals surface area contributed by atoms with Crippen LogP contribution in [0.2, 0.25) is 0 Å². The van der Waals surface area contributed by atoms with Crippen molar-refractivity contribution < 1.29 is 9.69 Å². The van der Waals surface area contributed by atoms with Crippen molar-refractivity contribution in [1.82, 2.24) is 0 Å². The zero-order valence-corrected chi connectivity index (χ0v) is 10.1. The number of nitrogens with one attached hydrogen (secondary N) is 1. The molecule has 0 saturated carbocycles. The highest BCUT2D eigenvalue weighted by molar-refractivity contribution is 5.78. The van der Waals surface area contributed by atoms with Crippen LogP contribution in [-0.4, -0.2) is 25.0 Å². The lowest BCUT2D eigenvalue weighted by Gasteiger charge is -2.27. The molecule has 1 aliphatic rings. The molecular weight excluding hydrogens is 212 g/mol. The Morgan fingerprint density at radius 1 is 1.35 bits per heavy atom. The van der Waals surface area contributed by atoms with Crippen LogP contribution < -0.4 is 10.6 Å². The molecule has 1 aromatic rings. The quantitative estimate of drug-likeness (QED) is 0.769. The molecule has 2 atom stereocenters. The van der Waals surface area contributed by atoms with Gasteiger partial charge in [-0.1, -0.05) is 30.3 Å². The van der Waals surface area contributed by atoms with Crippen molar-refractivity contribution >= 4 is 11.5 Å². The summed E-state index contributed by atoms with van der Waals surface area (Å²) in [6.45, 7) is 3.76. The lowest BCUT2D eigenvalue weighted by molar-refractivity contribution is -0.909. The molecule has 0 spiro atoms. The molecule has 0 radical (unpaired) electrons. The molecule has 0 saturated heterocycles. The highest BCUT2D eigenvalue weighted by atomic mass is 16.1. The second-order valence-corrected chi connectivity index (χ2v) is 4.58. The first-order valence-electron chi connectivity index (χ1n) is 6.07. The van der Waals surface area contributed by atoms with E-state index in [1.54, 1.807) is 0 Å². The standard InChI is InChI=1S/C14H18N2O/c1-11(14(15)17)16-9-7-13(8-10-16)12-5-3-2-4-6-12/h2-7,11H,8-10H2,1H3,(H2,15,17)/p+1/t11-/m0/s1. The maximum atomic E-state index is 11.1. The van der Waals surface area contributed by atoms with E-state index in [9.17, 15) is 4.79 Å². The van der Waals surface area contributed by atoms with Gasteiger partial charge < -0.3 is 10.6 Å². The van der Waals surface area contributed by atoms with Gasteiger partial charge in [0.1, 0.15) is 0 Å². The summed E-state index contributed by atoms with van der Waals surface area (Å²) < 4.78 is 0. The molecule has 1 heterocycles. The van der Waals surface area contributed by atoms with E-state index >= 15 is 0 Å². The van der Waals surface area contributed by atoms with Crippen molar-refractivity contribution in [3.05, 3.63) is 42.0 Å². The molecule has 0 aromatic heterocycles. The predicted molar refractivity (Wildman–Crippen MR) is 68.4 cm³/mol. The molecule has 1 unspecified atom stereocenters. The Morgan fingerprint density at radius 2 is 2.06 bits per heavy atom. The molecule has 2 rings (SSSR count). The fourth-order valence-corrected chi connectivity index (χ4v) is 2.26. The minimum absolute atomic E-state index is 0.0939. The second-order valence-electron chi connectivity index (χ2n) is 4.58. The molecule has 0 bridgehead atoms. The summed E-state index contributed by atoms with van der Waals surface area (Å²) in [6, 6.07) is 10.3. The lowest BCUT2D eigenvalue weighted by atomic mass is 9.99. The maximum absolute atomic E-state index is 11.1. The van der Waals surface area contributed by atoms with Crippen LogP contribution in [0, 0.1) is 0 Å². The number of primary amides is 1. The smallest absolute Gasteiger partial charge is 0.275 e. The topological polar surface area (TPSA) is 47.5 Å². The monoisotopic (exact) mass is 231 g/mol.